The Morgan fingerprint density at radius 3 is 2.77 bits per heavy atom. The smallest absolute Gasteiger partial charge is 0.160 e. The first kappa shape index (κ1) is 9.36. The van der Waals surface area contributed by atoms with Gasteiger partial charge >= 0.3 is 0 Å². The largest absolute Gasteiger partial charge is 0.504 e. The number of methoxy groups -OCH3 is 1. The minimum absolute atomic E-state index is 0.00861. The molecule has 1 rings (SSSR count). The summed E-state index contributed by atoms with van der Waals surface area (Å²) >= 11 is 0. The van der Waals surface area contributed by atoms with Crippen LogP contribution in [0.5, 0.6) is 11.5 Å². The van der Waals surface area contributed by atoms with Gasteiger partial charge in [-0.1, -0.05) is 6.07 Å². The Kier molecular flexibility index (Phi) is 2.72. The van der Waals surface area contributed by atoms with Crippen molar-refractivity contribution in [2.75, 3.05) is 7.11 Å². The van der Waals surface area contributed by atoms with Crippen molar-refractivity contribution in [2.24, 2.45) is 5.73 Å². The lowest BCUT2D eigenvalue weighted by atomic mass is 10.1. The number of ether oxygens (including phenoxy) is 1. The average molecular weight is 178 g/mol. The van der Waals surface area contributed by atoms with Crippen molar-refractivity contribution in [3.05, 3.63) is 23.8 Å². The maximum Gasteiger partial charge on any atom is 0.160 e. The molecular formula is C9H10N2O2. The van der Waals surface area contributed by atoms with Gasteiger partial charge in [-0.3, -0.25) is 0 Å². The number of rotatable bonds is 2. The Hall–Kier alpha value is -1.73. The molecule has 0 aliphatic heterocycles. The molecule has 0 spiro atoms. The summed E-state index contributed by atoms with van der Waals surface area (Å²) in [6.45, 7) is 0. The topological polar surface area (TPSA) is 79.3 Å². The van der Waals surface area contributed by atoms with Gasteiger partial charge in [0, 0.05) is 0 Å². The first-order valence-electron chi connectivity index (χ1n) is 3.71. The van der Waals surface area contributed by atoms with Gasteiger partial charge in [0.2, 0.25) is 0 Å². The van der Waals surface area contributed by atoms with E-state index in [9.17, 15) is 5.11 Å². The van der Waals surface area contributed by atoms with E-state index in [1.54, 1.807) is 12.1 Å². The third-order valence-electron chi connectivity index (χ3n) is 1.70. The van der Waals surface area contributed by atoms with Crippen molar-refractivity contribution < 1.29 is 9.84 Å². The standard InChI is InChI=1S/C9H10N2O2/c1-13-9-3-2-6(4-8(9)12)7(11)5-10/h2-4,7,12H,11H2,1H3/t7-/m1/s1. The Labute approximate surface area is 76.2 Å². The van der Waals surface area contributed by atoms with Gasteiger partial charge in [-0.2, -0.15) is 5.26 Å². The molecule has 68 valence electrons. The lowest BCUT2D eigenvalue weighted by molar-refractivity contribution is 0.373. The molecule has 0 heterocycles. The Morgan fingerprint density at radius 1 is 1.62 bits per heavy atom. The van der Waals surface area contributed by atoms with E-state index in [2.05, 4.69) is 0 Å². The van der Waals surface area contributed by atoms with E-state index >= 15 is 0 Å². The van der Waals surface area contributed by atoms with E-state index in [1.807, 2.05) is 6.07 Å². The Morgan fingerprint density at radius 2 is 2.31 bits per heavy atom. The molecule has 0 unspecified atom stereocenters. The molecule has 1 atom stereocenters. The number of hydrogen-bond acceptors (Lipinski definition) is 4. The van der Waals surface area contributed by atoms with Gasteiger partial charge in [0.25, 0.3) is 0 Å². The summed E-state index contributed by atoms with van der Waals surface area (Å²) in [5, 5.41) is 17.9. The fourth-order valence-electron chi connectivity index (χ4n) is 0.975. The molecule has 0 aliphatic carbocycles. The number of phenols is 1. The number of hydrogen-bond donors (Lipinski definition) is 2. The second kappa shape index (κ2) is 3.78. The summed E-state index contributed by atoms with van der Waals surface area (Å²) in [5.41, 5.74) is 6.01. The highest BCUT2D eigenvalue weighted by molar-refractivity contribution is 5.43. The maximum atomic E-state index is 9.35. The summed E-state index contributed by atoms with van der Waals surface area (Å²) in [5.74, 6) is 0.361. The van der Waals surface area contributed by atoms with Crippen LogP contribution in [-0.4, -0.2) is 12.2 Å². The monoisotopic (exact) mass is 178 g/mol. The molecule has 1 aromatic carbocycles. The average Bonchev–Trinajstić information content (AvgIpc) is 2.16. The van der Waals surface area contributed by atoms with Crippen LogP contribution >= 0.6 is 0 Å². The van der Waals surface area contributed by atoms with E-state index in [1.165, 1.54) is 13.2 Å². The van der Waals surface area contributed by atoms with Crippen molar-refractivity contribution in [1.29, 1.82) is 5.26 Å². The van der Waals surface area contributed by atoms with Gasteiger partial charge in [0.15, 0.2) is 11.5 Å². The Bertz CT molecular complexity index is 344. The third-order valence-corrected chi connectivity index (χ3v) is 1.70. The first-order chi connectivity index (χ1) is 6.19. The molecule has 13 heavy (non-hydrogen) atoms. The van der Waals surface area contributed by atoms with Crippen LogP contribution in [0.3, 0.4) is 0 Å². The van der Waals surface area contributed by atoms with Crippen molar-refractivity contribution >= 4 is 0 Å². The lowest BCUT2D eigenvalue weighted by Gasteiger charge is -2.06. The van der Waals surface area contributed by atoms with E-state index in [4.69, 9.17) is 15.7 Å². The SMILES string of the molecule is COc1ccc([C@H](N)C#N)cc1O. The zero-order valence-electron chi connectivity index (χ0n) is 7.19. The van der Waals surface area contributed by atoms with Crippen LogP contribution in [0, 0.1) is 11.3 Å². The van der Waals surface area contributed by atoms with Crippen molar-refractivity contribution in [1.82, 2.24) is 0 Å². The quantitative estimate of drug-likeness (QED) is 0.705. The van der Waals surface area contributed by atoms with Crippen molar-refractivity contribution in [2.45, 2.75) is 6.04 Å². The molecular weight excluding hydrogens is 168 g/mol. The minimum atomic E-state index is -0.711. The number of nitrogens with zero attached hydrogens (tertiary/aromatic N) is 1. The summed E-state index contributed by atoms with van der Waals surface area (Å²) in [6, 6.07) is 5.80. The molecule has 0 fully saturated rings. The van der Waals surface area contributed by atoms with Crippen LogP contribution in [0.1, 0.15) is 11.6 Å². The molecule has 0 radical (unpaired) electrons. The summed E-state index contributed by atoms with van der Waals surface area (Å²) in [7, 11) is 1.46. The normalized spacial score (nSPS) is 11.8. The maximum absolute atomic E-state index is 9.35. The van der Waals surface area contributed by atoms with Crippen LogP contribution in [0.4, 0.5) is 0 Å². The fraction of sp³-hybridized carbons (Fsp3) is 0.222. The van der Waals surface area contributed by atoms with Crippen LogP contribution < -0.4 is 10.5 Å². The summed E-state index contributed by atoms with van der Waals surface area (Å²) in [4.78, 5) is 0. The van der Waals surface area contributed by atoms with Crippen molar-refractivity contribution in [3.63, 3.8) is 0 Å². The number of nitriles is 1. The molecule has 1 aromatic rings. The van der Waals surface area contributed by atoms with Crippen LogP contribution in [-0.2, 0) is 0 Å². The number of phenolic OH excluding ortho intramolecular Hbond substituents is 1. The highest BCUT2D eigenvalue weighted by Gasteiger charge is 2.07. The van der Waals surface area contributed by atoms with Crippen LogP contribution in [0.25, 0.3) is 0 Å². The number of aromatic hydroxyl groups is 1. The molecule has 0 saturated carbocycles. The van der Waals surface area contributed by atoms with Gasteiger partial charge in [-0.15, -0.1) is 0 Å². The second-order valence-electron chi connectivity index (χ2n) is 2.54. The summed E-state index contributed by atoms with van der Waals surface area (Å²) < 4.78 is 4.84. The van der Waals surface area contributed by atoms with E-state index < -0.39 is 6.04 Å². The lowest BCUT2D eigenvalue weighted by Crippen LogP contribution is -2.06. The van der Waals surface area contributed by atoms with Gasteiger partial charge < -0.3 is 15.6 Å². The molecule has 4 heteroatoms. The third kappa shape index (κ3) is 1.89. The van der Waals surface area contributed by atoms with Gasteiger partial charge in [-0.25, -0.2) is 0 Å². The van der Waals surface area contributed by atoms with E-state index in [0.29, 0.717) is 11.3 Å². The molecule has 0 aromatic heterocycles. The van der Waals surface area contributed by atoms with E-state index in [0.717, 1.165) is 0 Å². The number of nitrogens with two attached hydrogens (primary N) is 1. The van der Waals surface area contributed by atoms with Crippen molar-refractivity contribution in [3.8, 4) is 17.6 Å². The van der Waals surface area contributed by atoms with Crippen LogP contribution in [0.2, 0.25) is 0 Å². The molecule has 0 amide bonds. The molecule has 3 N–H and O–H groups in total. The predicted octanol–water partition coefficient (Wildman–Crippen LogP) is 0.924. The number of benzene rings is 1. The van der Waals surface area contributed by atoms with E-state index in [-0.39, 0.29) is 5.75 Å². The molecule has 0 aliphatic rings. The zero-order chi connectivity index (χ0) is 9.84. The molecule has 4 nitrogen and oxygen atoms in total. The first-order valence-corrected chi connectivity index (χ1v) is 3.71. The highest BCUT2D eigenvalue weighted by atomic mass is 16.5. The molecule has 0 saturated heterocycles. The van der Waals surface area contributed by atoms with Gasteiger partial charge in [0.05, 0.1) is 13.2 Å². The molecule has 0 bridgehead atoms. The zero-order valence-corrected chi connectivity index (χ0v) is 7.19. The summed E-state index contributed by atoms with van der Waals surface area (Å²) in [6.07, 6.45) is 0. The van der Waals surface area contributed by atoms with Gasteiger partial charge in [-0.05, 0) is 17.7 Å². The highest BCUT2D eigenvalue weighted by Crippen LogP contribution is 2.27. The second-order valence-corrected chi connectivity index (χ2v) is 2.54. The van der Waals surface area contributed by atoms with Crippen LogP contribution in [0.15, 0.2) is 18.2 Å². The minimum Gasteiger partial charge on any atom is -0.504 e. The fourth-order valence-corrected chi connectivity index (χ4v) is 0.975. The predicted molar refractivity (Wildman–Crippen MR) is 47.2 cm³/mol. The Balaban J connectivity index is 3.04. The van der Waals surface area contributed by atoms with Gasteiger partial charge in [0.1, 0.15) is 6.04 Å².